The number of hydrogen-bond donors (Lipinski definition) is 0. The first-order valence-corrected chi connectivity index (χ1v) is 11.6. The van der Waals surface area contributed by atoms with E-state index >= 15 is 0 Å². The van der Waals surface area contributed by atoms with Crippen LogP contribution in [0.2, 0.25) is 0 Å². The van der Waals surface area contributed by atoms with Gasteiger partial charge in [0.1, 0.15) is 12.4 Å². The Morgan fingerprint density at radius 3 is 2.47 bits per heavy atom. The maximum Gasteiger partial charge on any atom is 0.274 e. The topological polar surface area (TPSA) is 50.6 Å². The van der Waals surface area contributed by atoms with Crippen molar-refractivity contribution in [1.29, 1.82) is 0 Å². The van der Waals surface area contributed by atoms with Gasteiger partial charge in [-0.15, -0.1) is 0 Å². The summed E-state index contributed by atoms with van der Waals surface area (Å²) in [5, 5.41) is 4.80. The van der Waals surface area contributed by atoms with E-state index in [0.29, 0.717) is 12.3 Å². The fourth-order valence-electron chi connectivity index (χ4n) is 4.64. The number of nitrogens with zero attached hydrogens (tertiary/aromatic N) is 4. The number of piperazine rings is 1. The van der Waals surface area contributed by atoms with Crippen molar-refractivity contribution in [2.75, 3.05) is 39.3 Å². The molecule has 5 rings (SSSR count). The Balaban J connectivity index is 1.21. The molecule has 166 valence electrons. The van der Waals surface area contributed by atoms with Crippen LogP contribution in [-0.2, 0) is 12.8 Å². The standard InChI is InChI=1S/C26H30N4O2/c1-20-10-12-21(13-11-20)30-24-9-5-8-23(24)25(27-30)26(31)29-16-14-28(15-17-29)18-19-32-22-6-3-2-4-7-22/h2-4,6-7,10-13H,5,8-9,14-19H2,1H3. The predicted molar refractivity (Wildman–Crippen MR) is 125 cm³/mol. The zero-order valence-electron chi connectivity index (χ0n) is 18.7. The average Bonchev–Trinajstić information content (AvgIpc) is 3.44. The zero-order chi connectivity index (χ0) is 21.9. The lowest BCUT2D eigenvalue weighted by Crippen LogP contribution is -2.49. The van der Waals surface area contributed by atoms with E-state index < -0.39 is 0 Å². The summed E-state index contributed by atoms with van der Waals surface area (Å²) < 4.78 is 7.81. The quantitative estimate of drug-likeness (QED) is 0.601. The molecule has 3 aromatic rings. The largest absolute Gasteiger partial charge is 0.492 e. The molecule has 6 nitrogen and oxygen atoms in total. The summed E-state index contributed by atoms with van der Waals surface area (Å²) in [4.78, 5) is 17.7. The molecule has 1 fully saturated rings. The van der Waals surface area contributed by atoms with Gasteiger partial charge in [-0.25, -0.2) is 4.68 Å². The lowest BCUT2D eigenvalue weighted by atomic mass is 10.1. The molecule has 2 aliphatic rings. The Morgan fingerprint density at radius 1 is 0.969 bits per heavy atom. The van der Waals surface area contributed by atoms with Crippen molar-refractivity contribution < 1.29 is 9.53 Å². The summed E-state index contributed by atoms with van der Waals surface area (Å²) in [5.74, 6) is 0.980. The van der Waals surface area contributed by atoms with Crippen LogP contribution in [0.15, 0.2) is 54.6 Å². The predicted octanol–water partition coefficient (Wildman–Crippen LogP) is 3.51. The highest BCUT2D eigenvalue weighted by Crippen LogP contribution is 2.29. The highest BCUT2D eigenvalue weighted by molar-refractivity contribution is 5.94. The van der Waals surface area contributed by atoms with Crippen molar-refractivity contribution in [2.24, 2.45) is 0 Å². The first-order chi connectivity index (χ1) is 15.7. The molecule has 0 saturated carbocycles. The molecule has 0 atom stereocenters. The van der Waals surface area contributed by atoms with E-state index in [0.717, 1.165) is 69.0 Å². The van der Waals surface area contributed by atoms with E-state index in [4.69, 9.17) is 9.84 Å². The number of fused-ring (bicyclic) bond motifs is 1. The van der Waals surface area contributed by atoms with E-state index in [1.165, 1.54) is 11.3 Å². The second-order valence-corrected chi connectivity index (χ2v) is 8.67. The highest BCUT2D eigenvalue weighted by Gasteiger charge is 2.31. The Kier molecular flexibility index (Phi) is 5.95. The second kappa shape index (κ2) is 9.17. The van der Waals surface area contributed by atoms with Crippen molar-refractivity contribution in [3.05, 3.63) is 77.1 Å². The van der Waals surface area contributed by atoms with E-state index in [9.17, 15) is 4.79 Å². The number of ether oxygens (including phenoxy) is 1. The van der Waals surface area contributed by atoms with Gasteiger partial charge in [-0.1, -0.05) is 35.9 Å². The van der Waals surface area contributed by atoms with E-state index in [1.54, 1.807) is 0 Å². The SMILES string of the molecule is Cc1ccc(-n2nc(C(=O)N3CCN(CCOc4ccccc4)CC3)c3c2CCC3)cc1. The molecule has 32 heavy (non-hydrogen) atoms. The van der Waals surface area contributed by atoms with Gasteiger partial charge in [0.05, 0.1) is 5.69 Å². The molecule has 1 saturated heterocycles. The Morgan fingerprint density at radius 2 is 1.72 bits per heavy atom. The summed E-state index contributed by atoms with van der Waals surface area (Å²) in [6.07, 6.45) is 3.02. The third kappa shape index (κ3) is 4.28. The number of para-hydroxylation sites is 1. The third-order valence-electron chi connectivity index (χ3n) is 6.49. The molecule has 2 aromatic carbocycles. The van der Waals surface area contributed by atoms with Crippen molar-refractivity contribution >= 4 is 5.91 Å². The Labute approximate surface area is 189 Å². The Bertz CT molecular complexity index is 1070. The molecule has 0 bridgehead atoms. The number of rotatable bonds is 6. The van der Waals surface area contributed by atoms with Gasteiger partial charge in [0.15, 0.2) is 5.69 Å². The van der Waals surface area contributed by atoms with Crippen LogP contribution in [0.1, 0.15) is 33.7 Å². The maximum absolute atomic E-state index is 13.4. The molecule has 0 unspecified atom stereocenters. The molecular weight excluding hydrogens is 400 g/mol. The van der Waals surface area contributed by atoms with Crippen LogP contribution < -0.4 is 4.74 Å². The van der Waals surface area contributed by atoms with Crippen LogP contribution in [0.25, 0.3) is 5.69 Å². The lowest BCUT2D eigenvalue weighted by Gasteiger charge is -2.34. The molecule has 6 heteroatoms. The van der Waals surface area contributed by atoms with Gasteiger partial charge < -0.3 is 9.64 Å². The van der Waals surface area contributed by atoms with Gasteiger partial charge in [0, 0.05) is 44.0 Å². The number of aromatic nitrogens is 2. The van der Waals surface area contributed by atoms with Gasteiger partial charge in [-0.3, -0.25) is 9.69 Å². The van der Waals surface area contributed by atoms with Crippen LogP contribution in [0.3, 0.4) is 0 Å². The van der Waals surface area contributed by atoms with Crippen LogP contribution in [-0.4, -0.2) is 64.8 Å². The molecule has 0 radical (unpaired) electrons. The highest BCUT2D eigenvalue weighted by atomic mass is 16.5. The summed E-state index contributed by atoms with van der Waals surface area (Å²) in [6, 6.07) is 18.3. The number of carbonyl (C=O) groups is 1. The number of hydrogen-bond acceptors (Lipinski definition) is 4. The molecule has 0 spiro atoms. The molecule has 1 aliphatic carbocycles. The average molecular weight is 431 g/mol. The van der Waals surface area contributed by atoms with Crippen molar-refractivity contribution in [2.45, 2.75) is 26.2 Å². The van der Waals surface area contributed by atoms with Crippen LogP contribution in [0, 0.1) is 6.92 Å². The monoisotopic (exact) mass is 430 g/mol. The van der Waals surface area contributed by atoms with Gasteiger partial charge in [-0.2, -0.15) is 5.10 Å². The maximum atomic E-state index is 13.4. The summed E-state index contributed by atoms with van der Waals surface area (Å²) >= 11 is 0. The molecule has 1 aromatic heterocycles. The van der Waals surface area contributed by atoms with E-state index in [1.807, 2.05) is 39.9 Å². The fraction of sp³-hybridized carbons (Fsp3) is 0.385. The van der Waals surface area contributed by atoms with Crippen LogP contribution in [0.4, 0.5) is 0 Å². The number of benzene rings is 2. The number of carbonyl (C=O) groups excluding carboxylic acids is 1. The summed E-state index contributed by atoms with van der Waals surface area (Å²) in [6.45, 7) is 6.81. The van der Waals surface area contributed by atoms with Gasteiger partial charge in [0.25, 0.3) is 5.91 Å². The summed E-state index contributed by atoms with van der Waals surface area (Å²) in [7, 11) is 0. The summed E-state index contributed by atoms with van der Waals surface area (Å²) in [5.41, 5.74) is 5.26. The third-order valence-corrected chi connectivity index (χ3v) is 6.49. The second-order valence-electron chi connectivity index (χ2n) is 8.67. The van der Waals surface area contributed by atoms with Gasteiger partial charge in [-0.05, 0) is 50.5 Å². The number of amides is 1. The minimum atomic E-state index is 0.0780. The molecule has 1 amide bonds. The number of aryl methyl sites for hydroxylation is 1. The molecule has 2 heterocycles. The zero-order valence-corrected chi connectivity index (χ0v) is 18.7. The molecule has 1 aliphatic heterocycles. The Hall–Kier alpha value is -3.12. The smallest absolute Gasteiger partial charge is 0.274 e. The van der Waals surface area contributed by atoms with Gasteiger partial charge >= 0.3 is 0 Å². The minimum Gasteiger partial charge on any atom is -0.492 e. The van der Waals surface area contributed by atoms with Crippen LogP contribution in [0.5, 0.6) is 5.75 Å². The first-order valence-electron chi connectivity index (χ1n) is 11.6. The molecular formula is C26H30N4O2. The van der Waals surface area contributed by atoms with E-state index in [-0.39, 0.29) is 5.91 Å². The van der Waals surface area contributed by atoms with Crippen molar-refractivity contribution in [1.82, 2.24) is 19.6 Å². The minimum absolute atomic E-state index is 0.0780. The van der Waals surface area contributed by atoms with Gasteiger partial charge in [0.2, 0.25) is 0 Å². The lowest BCUT2D eigenvalue weighted by molar-refractivity contribution is 0.0613. The first kappa shape index (κ1) is 20.8. The normalized spacial score (nSPS) is 16.2. The van der Waals surface area contributed by atoms with E-state index in [2.05, 4.69) is 36.1 Å². The van der Waals surface area contributed by atoms with Crippen molar-refractivity contribution in [3.8, 4) is 11.4 Å². The van der Waals surface area contributed by atoms with Crippen LogP contribution >= 0.6 is 0 Å². The van der Waals surface area contributed by atoms with Crippen molar-refractivity contribution in [3.63, 3.8) is 0 Å². The molecule has 0 N–H and O–H groups in total. The fourth-order valence-corrected chi connectivity index (χ4v) is 4.64.